The van der Waals surface area contributed by atoms with Crippen LogP contribution in [0.2, 0.25) is 0 Å². The zero-order chi connectivity index (χ0) is 20.4. The molecule has 0 aliphatic carbocycles. The van der Waals surface area contributed by atoms with Crippen LogP contribution in [0.3, 0.4) is 0 Å². The molecule has 1 amide bonds. The fourth-order valence-electron chi connectivity index (χ4n) is 3.12. The van der Waals surface area contributed by atoms with Crippen LogP contribution in [-0.4, -0.2) is 49.9 Å². The molecule has 0 saturated carbocycles. The third kappa shape index (κ3) is 4.18. The molecule has 9 heteroatoms. The van der Waals surface area contributed by atoms with Gasteiger partial charge >= 0.3 is 0 Å². The van der Waals surface area contributed by atoms with Crippen LogP contribution in [0.25, 0.3) is 10.9 Å². The molecule has 2 heterocycles. The minimum Gasteiger partial charge on any atom is -0.379 e. The average Bonchev–Trinajstić information content (AvgIpc) is 2.74. The van der Waals surface area contributed by atoms with Crippen molar-refractivity contribution in [3.05, 3.63) is 64.8 Å². The average molecular weight is 476 g/mol. The summed E-state index contributed by atoms with van der Waals surface area (Å²) in [5.41, 5.74) is 1.69. The highest BCUT2D eigenvalue weighted by Gasteiger charge is 2.29. The van der Waals surface area contributed by atoms with Crippen molar-refractivity contribution in [2.45, 2.75) is 4.90 Å². The number of morpholine rings is 1. The highest BCUT2D eigenvalue weighted by Crippen LogP contribution is 2.27. The highest BCUT2D eigenvalue weighted by atomic mass is 79.9. The smallest absolute Gasteiger partial charge is 0.255 e. The Hall–Kier alpha value is -2.33. The number of amides is 1. The number of nitrogens with zero attached hydrogens (tertiary/aromatic N) is 2. The number of anilines is 1. The number of nitrogens with one attached hydrogen (secondary N) is 1. The normalized spacial score (nSPS) is 15.3. The molecule has 0 atom stereocenters. The summed E-state index contributed by atoms with van der Waals surface area (Å²) in [5, 5.41) is 3.72. The zero-order valence-electron chi connectivity index (χ0n) is 15.3. The number of carbonyl (C=O) groups excluding carboxylic acids is 1. The first kappa shape index (κ1) is 20.0. The lowest BCUT2D eigenvalue weighted by Crippen LogP contribution is -2.40. The number of carbonyl (C=O) groups is 1. The standard InChI is InChI=1S/C20H18BrN3O4S/c21-17-5-3-15(13-19(17)29(26,27)24-8-10-28-11-9-24)20(25)23-16-4-6-18-14(12-16)2-1-7-22-18/h1-7,12-13H,8-11H2,(H,23,25). The van der Waals surface area contributed by atoms with Gasteiger partial charge in [-0.25, -0.2) is 8.42 Å². The molecule has 1 aliphatic heterocycles. The Labute approximate surface area is 176 Å². The van der Waals surface area contributed by atoms with Crippen molar-refractivity contribution in [3.8, 4) is 0 Å². The lowest BCUT2D eigenvalue weighted by atomic mass is 10.1. The molecule has 4 rings (SSSR count). The molecule has 1 aliphatic rings. The molecule has 1 N–H and O–H groups in total. The molecular weight excluding hydrogens is 458 g/mol. The Morgan fingerprint density at radius 1 is 1.10 bits per heavy atom. The number of aromatic nitrogens is 1. The first-order valence-corrected chi connectivity index (χ1v) is 11.2. The van der Waals surface area contributed by atoms with Gasteiger partial charge in [0.2, 0.25) is 10.0 Å². The fourth-order valence-corrected chi connectivity index (χ4v) is 5.48. The predicted octanol–water partition coefficient (Wildman–Crippen LogP) is 3.27. The molecule has 1 aromatic heterocycles. The largest absolute Gasteiger partial charge is 0.379 e. The molecule has 29 heavy (non-hydrogen) atoms. The van der Waals surface area contributed by atoms with E-state index in [-0.39, 0.29) is 29.5 Å². The molecule has 1 saturated heterocycles. The molecule has 0 unspecified atom stereocenters. The maximum absolute atomic E-state index is 13.0. The number of halogens is 1. The van der Waals surface area contributed by atoms with Gasteiger partial charge < -0.3 is 10.1 Å². The van der Waals surface area contributed by atoms with E-state index in [1.807, 2.05) is 24.3 Å². The van der Waals surface area contributed by atoms with Gasteiger partial charge in [0.25, 0.3) is 5.91 Å². The molecule has 1 fully saturated rings. The number of hydrogen-bond acceptors (Lipinski definition) is 5. The molecular formula is C20H18BrN3O4S. The van der Waals surface area contributed by atoms with Gasteiger partial charge in [0.1, 0.15) is 0 Å². The van der Waals surface area contributed by atoms with Gasteiger partial charge in [-0.15, -0.1) is 0 Å². The quantitative estimate of drug-likeness (QED) is 0.625. The van der Waals surface area contributed by atoms with E-state index in [9.17, 15) is 13.2 Å². The maximum Gasteiger partial charge on any atom is 0.255 e. The van der Waals surface area contributed by atoms with E-state index in [0.717, 1.165) is 10.9 Å². The number of ether oxygens (including phenoxy) is 1. The van der Waals surface area contributed by atoms with Gasteiger partial charge in [-0.1, -0.05) is 6.07 Å². The van der Waals surface area contributed by atoms with Gasteiger partial charge in [-0.2, -0.15) is 4.31 Å². The van der Waals surface area contributed by atoms with Crippen molar-refractivity contribution in [2.75, 3.05) is 31.6 Å². The topological polar surface area (TPSA) is 88.6 Å². The van der Waals surface area contributed by atoms with Gasteiger partial charge in [-0.05, 0) is 58.4 Å². The number of hydrogen-bond donors (Lipinski definition) is 1. The molecule has 0 spiro atoms. The van der Waals surface area contributed by atoms with Gasteiger partial charge in [0, 0.05) is 40.4 Å². The van der Waals surface area contributed by atoms with E-state index < -0.39 is 10.0 Å². The van der Waals surface area contributed by atoms with E-state index in [2.05, 4.69) is 26.2 Å². The van der Waals surface area contributed by atoms with Crippen LogP contribution >= 0.6 is 15.9 Å². The Bertz CT molecular complexity index is 1180. The first-order chi connectivity index (χ1) is 13.9. The summed E-state index contributed by atoms with van der Waals surface area (Å²) in [6.45, 7) is 1.29. The monoisotopic (exact) mass is 475 g/mol. The molecule has 2 aromatic carbocycles. The Morgan fingerprint density at radius 3 is 2.69 bits per heavy atom. The minimum absolute atomic E-state index is 0.0646. The van der Waals surface area contributed by atoms with Crippen LogP contribution in [0.5, 0.6) is 0 Å². The van der Waals surface area contributed by atoms with Gasteiger partial charge in [-0.3, -0.25) is 9.78 Å². The third-order valence-electron chi connectivity index (χ3n) is 4.64. The molecule has 7 nitrogen and oxygen atoms in total. The van der Waals surface area contributed by atoms with Crippen LogP contribution in [0, 0.1) is 0 Å². The lowest BCUT2D eigenvalue weighted by molar-refractivity contribution is 0.0730. The second kappa shape index (κ2) is 8.19. The van der Waals surface area contributed by atoms with Gasteiger partial charge in [0.05, 0.1) is 23.6 Å². The van der Waals surface area contributed by atoms with Crippen LogP contribution in [0.4, 0.5) is 5.69 Å². The molecule has 0 bridgehead atoms. The minimum atomic E-state index is -3.73. The number of benzene rings is 2. The van der Waals surface area contributed by atoms with Crippen molar-refractivity contribution in [1.82, 2.24) is 9.29 Å². The summed E-state index contributed by atoms with van der Waals surface area (Å²) in [6, 6.07) is 13.7. The summed E-state index contributed by atoms with van der Waals surface area (Å²) in [4.78, 5) is 17.1. The fraction of sp³-hybridized carbons (Fsp3) is 0.200. The first-order valence-electron chi connectivity index (χ1n) is 8.99. The van der Waals surface area contributed by atoms with Crippen LogP contribution in [0.1, 0.15) is 10.4 Å². The zero-order valence-corrected chi connectivity index (χ0v) is 17.7. The Balaban J connectivity index is 1.61. The van der Waals surface area contributed by atoms with Crippen molar-refractivity contribution in [2.24, 2.45) is 0 Å². The Morgan fingerprint density at radius 2 is 1.90 bits per heavy atom. The summed E-state index contributed by atoms with van der Waals surface area (Å²) < 4.78 is 33.0. The van der Waals surface area contributed by atoms with Crippen LogP contribution < -0.4 is 5.32 Å². The Kier molecular flexibility index (Phi) is 5.64. The second-order valence-corrected chi connectivity index (χ2v) is 9.29. The summed E-state index contributed by atoms with van der Waals surface area (Å²) in [6.07, 6.45) is 1.71. The second-order valence-electron chi connectivity index (χ2n) is 6.53. The van der Waals surface area contributed by atoms with Crippen LogP contribution in [-0.2, 0) is 14.8 Å². The van der Waals surface area contributed by atoms with Crippen molar-refractivity contribution in [1.29, 1.82) is 0 Å². The number of pyridine rings is 1. The number of sulfonamides is 1. The number of rotatable bonds is 4. The van der Waals surface area contributed by atoms with E-state index >= 15 is 0 Å². The lowest BCUT2D eigenvalue weighted by Gasteiger charge is -2.26. The molecule has 3 aromatic rings. The van der Waals surface area contributed by atoms with E-state index in [1.165, 1.54) is 10.4 Å². The maximum atomic E-state index is 13.0. The van der Waals surface area contributed by atoms with Crippen LogP contribution in [0.15, 0.2) is 64.1 Å². The molecule has 150 valence electrons. The molecule has 0 radical (unpaired) electrons. The van der Waals surface area contributed by atoms with Crippen molar-refractivity contribution < 1.29 is 17.9 Å². The van der Waals surface area contributed by atoms with Crippen molar-refractivity contribution >= 4 is 48.5 Å². The third-order valence-corrected chi connectivity index (χ3v) is 7.53. The highest BCUT2D eigenvalue weighted by molar-refractivity contribution is 9.10. The SMILES string of the molecule is O=C(Nc1ccc2ncccc2c1)c1ccc(Br)c(S(=O)(=O)N2CCOCC2)c1. The van der Waals surface area contributed by atoms with Gasteiger partial charge in [0.15, 0.2) is 0 Å². The summed E-state index contributed by atoms with van der Waals surface area (Å²) >= 11 is 3.30. The summed E-state index contributed by atoms with van der Waals surface area (Å²) in [5.74, 6) is -0.390. The number of fused-ring (bicyclic) bond motifs is 1. The van der Waals surface area contributed by atoms with E-state index in [0.29, 0.717) is 23.4 Å². The van der Waals surface area contributed by atoms with Crippen molar-refractivity contribution in [3.63, 3.8) is 0 Å². The van der Waals surface area contributed by atoms with E-state index in [1.54, 1.807) is 24.4 Å². The summed E-state index contributed by atoms with van der Waals surface area (Å²) in [7, 11) is -3.73. The predicted molar refractivity (Wildman–Crippen MR) is 113 cm³/mol. The van der Waals surface area contributed by atoms with E-state index in [4.69, 9.17) is 4.74 Å².